The highest BCUT2D eigenvalue weighted by Crippen LogP contribution is 2.22. The van der Waals surface area contributed by atoms with Gasteiger partial charge in [0.25, 0.3) is 0 Å². The van der Waals surface area contributed by atoms with Gasteiger partial charge in [0, 0.05) is 6.20 Å². The smallest absolute Gasteiger partial charge is 0.106 e. The van der Waals surface area contributed by atoms with E-state index in [0.29, 0.717) is 13.1 Å². The van der Waals surface area contributed by atoms with Gasteiger partial charge in [-0.1, -0.05) is 35.5 Å². The van der Waals surface area contributed by atoms with Gasteiger partial charge in [0.05, 0.1) is 12.2 Å². The second kappa shape index (κ2) is 6.63. The van der Waals surface area contributed by atoms with E-state index in [1.54, 1.807) is 11.6 Å². The fourth-order valence-electron chi connectivity index (χ4n) is 2.18. The summed E-state index contributed by atoms with van der Waals surface area (Å²) >= 11 is 0. The van der Waals surface area contributed by atoms with E-state index in [2.05, 4.69) is 10.3 Å². The Bertz CT molecular complexity index is 522. The fourth-order valence-corrected chi connectivity index (χ4v) is 2.18. The van der Waals surface area contributed by atoms with Crippen LogP contribution >= 0.6 is 0 Å². The van der Waals surface area contributed by atoms with Crippen LogP contribution in [0, 0.1) is 0 Å². The number of aryl methyl sites for hydroxylation is 1. The molecule has 1 atom stereocenters. The monoisotopic (exact) mass is 274 g/mol. The molecule has 20 heavy (non-hydrogen) atoms. The lowest BCUT2D eigenvalue weighted by Gasteiger charge is -2.23. The van der Waals surface area contributed by atoms with Gasteiger partial charge in [-0.25, -0.2) is 4.68 Å². The predicted octanol–water partition coefficient (Wildman–Crippen LogP) is 1.47. The summed E-state index contributed by atoms with van der Waals surface area (Å²) in [5, 5.41) is 18.8. The summed E-state index contributed by atoms with van der Waals surface area (Å²) in [5.74, 6) is 0. The molecule has 0 spiro atoms. The summed E-state index contributed by atoms with van der Waals surface area (Å²) in [6.45, 7) is 2.88. The molecule has 1 unspecified atom stereocenters. The predicted molar refractivity (Wildman–Crippen MR) is 78.0 cm³/mol. The molecule has 1 heterocycles. The van der Waals surface area contributed by atoms with Crippen LogP contribution in [0.2, 0.25) is 0 Å². The highest BCUT2D eigenvalue weighted by Gasteiger charge is 2.24. The normalized spacial score (nSPS) is 14.2. The third-order valence-corrected chi connectivity index (χ3v) is 3.34. The van der Waals surface area contributed by atoms with E-state index >= 15 is 0 Å². The number of unbranched alkanes of at least 4 members (excludes halogenated alkanes) is 1. The van der Waals surface area contributed by atoms with Crippen LogP contribution in [0.5, 0.6) is 0 Å². The molecule has 0 saturated heterocycles. The van der Waals surface area contributed by atoms with Crippen molar-refractivity contribution in [3.63, 3.8) is 0 Å². The van der Waals surface area contributed by atoms with Gasteiger partial charge in [0.2, 0.25) is 0 Å². The van der Waals surface area contributed by atoms with E-state index in [9.17, 15) is 5.11 Å². The Balaban J connectivity index is 1.99. The van der Waals surface area contributed by atoms with Gasteiger partial charge in [0.1, 0.15) is 5.60 Å². The molecule has 5 heteroatoms. The molecule has 5 nitrogen and oxygen atoms in total. The quantitative estimate of drug-likeness (QED) is 0.750. The molecular weight excluding hydrogens is 252 g/mol. The summed E-state index contributed by atoms with van der Waals surface area (Å²) < 4.78 is 1.70. The van der Waals surface area contributed by atoms with Crippen LogP contribution in [-0.4, -0.2) is 26.6 Å². The Hall–Kier alpha value is -1.72. The molecule has 3 N–H and O–H groups in total. The Labute approximate surface area is 119 Å². The molecule has 1 aromatic carbocycles. The number of nitrogens with zero attached hydrogens (tertiary/aromatic N) is 3. The second-order valence-corrected chi connectivity index (χ2v) is 5.29. The molecule has 0 aliphatic rings. The van der Waals surface area contributed by atoms with Gasteiger partial charge in [-0.05, 0) is 38.3 Å². The van der Waals surface area contributed by atoms with E-state index in [0.717, 1.165) is 30.5 Å². The molecule has 1 aromatic heterocycles. The number of rotatable bonds is 7. The zero-order valence-electron chi connectivity index (χ0n) is 11.9. The maximum atomic E-state index is 10.6. The van der Waals surface area contributed by atoms with Crippen molar-refractivity contribution in [1.82, 2.24) is 15.0 Å². The molecule has 0 radical (unpaired) electrons. The highest BCUT2D eigenvalue weighted by molar-refractivity contribution is 5.21. The summed E-state index contributed by atoms with van der Waals surface area (Å²) in [4.78, 5) is 0. The first-order chi connectivity index (χ1) is 9.62. The molecule has 0 aliphatic carbocycles. The van der Waals surface area contributed by atoms with Crippen molar-refractivity contribution in [3.05, 3.63) is 47.8 Å². The van der Waals surface area contributed by atoms with Crippen molar-refractivity contribution in [2.75, 3.05) is 6.54 Å². The summed E-state index contributed by atoms with van der Waals surface area (Å²) in [7, 11) is 0. The number of nitrogens with two attached hydrogens (primary N) is 1. The molecule has 0 aliphatic heterocycles. The van der Waals surface area contributed by atoms with Crippen LogP contribution in [0.1, 0.15) is 31.0 Å². The third-order valence-electron chi connectivity index (χ3n) is 3.34. The number of hydrogen-bond acceptors (Lipinski definition) is 4. The van der Waals surface area contributed by atoms with Crippen molar-refractivity contribution in [2.45, 2.75) is 38.3 Å². The van der Waals surface area contributed by atoms with Crippen LogP contribution < -0.4 is 5.73 Å². The SMILES string of the molecule is CC(O)(Cn1cc(CCCCN)nn1)c1ccccc1. The van der Waals surface area contributed by atoms with Crippen molar-refractivity contribution in [3.8, 4) is 0 Å². The fraction of sp³-hybridized carbons (Fsp3) is 0.467. The van der Waals surface area contributed by atoms with Crippen LogP contribution in [0.3, 0.4) is 0 Å². The van der Waals surface area contributed by atoms with Crippen molar-refractivity contribution < 1.29 is 5.11 Å². The first-order valence-electron chi connectivity index (χ1n) is 6.99. The summed E-state index contributed by atoms with van der Waals surface area (Å²) in [6.07, 6.45) is 4.79. The van der Waals surface area contributed by atoms with Gasteiger partial charge in [-0.3, -0.25) is 0 Å². The number of hydrogen-bond donors (Lipinski definition) is 2. The highest BCUT2D eigenvalue weighted by atomic mass is 16.3. The summed E-state index contributed by atoms with van der Waals surface area (Å²) in [5.41, 5.74) is 6.34. The Morgan fingerprint density at radius 3 is 2.70 bits per heavy atom. The minimum absolute atomic E-state index is 0.390. The standard InChI is InChI=1S/C15H22N4O/c1-15(20,13-7-3-2-4-8-13)12-19-11-14(17-18-19)9-5-6-10-16/h2-4,7-8,11,20H,5-6,9-10,12,16H2,1H3. The first kappa shape index (κ1) is 14.7. The molecule has 2 aromatic rings. The Kier molecular flexibility index (Phi) is 4.87. The van der Waals surface area contributed by atoms with Gasteiger partial charge < -0.3 is 10.8 Å². The molecular formula is C15H22N4O. The average molecular weight is 274 g/mol. The van der Waals surface area contributed by atoms with E-state index < -0.39 is 5.60 Å². The number of benzene rings is 1. The first-order valence-corrected chi connectivity index (χ1v) is 6.99. The minimum Gasteiger partial charge on any atom is -0.384 e. The molecule has 108 valence electrons. The van der Waals surface area contributed by atoms with Gasteiger partial charge in [-0.2, -0.15) is 0 Å². The largest absolute Gasteiger partial charge is 0.384 e. The maximum absolute atomic E-state index is 10.6. The zero-order valence-corrected chi connectivity index (χ0v) is 11.9. The van der Waals surface area contributed by atoms with Crippen LogP contribution in [-0.2, 0) is 18.6 Å². The third kappa shape index (κ3) is 3.88. The lowest BCUT2D eigenvalue weighted by atomic mass is 9.96. The van der Waals surface area contributed by atoms with Gasteiger partial charge in [-0.15, -0.1) is 5.10 Å². The lowest BCUT2D eigenvalue weighted by molar-refractivity contribution is 0.0341. The lowest BCUT2D eigenvalue weighted by Crippen LogP contribution is -2.28. The number of aromatic nitrogens is 3. The second-order valence-electron chi connectivity index (χ2n) is 5.29. The summed E-state index contributed by atoms with van der Waals surface area (Å²) in [6, 6.07) is 9.61. The Morgan fingerprint density at radius 1 is 1.25 bits per heavy atom. The van der Waals surface area contributed by atoms with E-state index in [-0.39, 0.29) is 0 Å². The van der Waals surface area contributed by atoms with Crippen molar-refractivity contribution >= 4 is 0 Å². The van der Waals surface area contributed by atoms with E-state index in [1.807, 2.05) is 36.5 Å². The van der Waals surface area contributed by atoms with Gasteiger partial charge >= 0.3 is 0 Å². The molecule has 0 saturated carbocycles. The molecule has 0 amide bonds. The minimum atomic E-state index is -0.955. The molecule has 0 fully saturated rings. The Morgan fingerprint density at radius 2 is 2.00 bits per heavy atom. The topological polar surface area (TPSA) is 77.0 Å². The average Bonchev–Trinajstić information content (AvgIpc) is 2.87. The molecule has 0 bridgehead atoms. The van der Waals surface area contributed by atoms with Crippen molar-refractivity contribution in [1.29, 1.82) is 0 Å². The maximum Gasteiger partial charge on any atom is 0.106 e. The van der Waals surface area contributed by atoms with Gasteiger partial charge in [0.15, 0.2) is 0 Å². The van der Waals surface area contributed by atoms with E-state index in [4.69, 9.17) is 5.73 Å². The van der Waals surface area contributed by atoms with Crippen LogP contribution in [0.4, 0.5) is 0 Å². The van der Waals surface area contributed by atoms with Crippen LogP contribution in [0.15, 0.2) is 36.5 Å². The number of aliphatic hydroxyl groups is 1. The molecule has 2 rings (SSSR count). The zero-order chi connectivity index (χ0) is 14.4. The van der Waals surface area contributed by atoms with Crippen LogP contribution in [0.25, 0.3) is 0 Å². The van der Waals surface area contributed by atoms with E-state index in [1.165, 1.54) is 0 Å². The van der Waals surface area contributed by atoms with Crippen molar-refractivity contribution in [2.24, 2.45) is 5.73 Å².